The lowest BCUT2D eigenvalue weighted by Crippen LogP contribution is -1.97. The third-order valence-corrected chi connectivity index (χ3v) is 3.52. The van der Waals surface area contributed by atoms with Crippen LogP contribution in [0.5, 0.6) is 17.2 Å². The molecule has 25 heavy (non-hydrogen) atoms. The van der Waals surface area contributed by atoms with E-state index in [0.29, 0.717) is 28.4 Å². The van der Waals surface area contributed by atoms with Gasteiger partial charge >= 0.3 is 0 Å². The van der Waals surface area contributed by atoms with E-state index in [1.54, 1.807) is 24.3 Å². The molecule has 2 aromatic carbocycles. The molecule has 2 rings (SSSR count). The lowest BCUT2D eigenvalue weighted by atomic mass is 10.0. The van der Waals surface area contributed by atoms with Crippen LogP contribution in [-0.2, 0) is 0 Å². The number of methoxy groups -OCH3 is 3. The van der Waals surface area contributed by atoms with Gasteiger partial charge in [0.25, 0.3) is 5.69 Å². The summed E-state index contributed by atoms with van der Waals surface area (Å²) in [6.45, 7) is 0. The first-order valence-electron chi connectivity index (χ1n) is 7.21. The first-order chi connectivity index (χ1) is 12.0. The second kappa shape index (κ2) is 7.84. The maximum atomic E-state index is 10.9. The molecule has 0 spiro atoms. The number of benzene rings is 2. The summed E-state index contributed by atoms with van der Waals surface area (Å²) in [6, 6.07) is 11.4. The van der Waals surface area contributed by atoms with Crippen molar-refractivity contribution in [1.82, 2.24) is 0 Å². The van der Waals surface area contributed by atoms with Gasteiger partial charge in [0.1, 0.15) is 0 Å². The van der Waals surface area contributed by atoms with E-state index in [0.717, 1.165) is 0 Å². The summed E-state index contributed by atoms with van der Waals surface area (Å²) in [5.74, 6) is 1.29. The number of non-ortho nitro benzene ring substituents is 1. The van der Waals surface area contributed by atoms with Crippen molar-refractivity contribution < 1.29 is 19.1 Å². The van der Waals surface area contributed by atoms with Crippen molar-refractivity contribution in [2.75, 3.05) is 21.3 Å². The number of nitro benzene ring substituents is 1. The van der Waals surface area contributed by atoms with E-state index < -0.39 is 4.92 Å². The van der Waals surface area contributed by atoms with Crippen molar-refractivity contribution in [3.63, 3.8) is 0 Å². The maximum absolute atomic E-state index is 10.9. The maximum Gasteiger partial charge on any atom is 0.270 e. The molecule has 7 nitrogen and oxygen atoms in total. The number of nitriles is 1. The van der Waals surface area contributed by atoms with E-state index in [-0.39, 0.29) is 11.3 Å². The normalized spacial score (nSPS) is 10.7. The second-order valence-corrected chi connectivity index (χ2v) is 4.90. The van der Waals surface area contributed by atoms with Gasteiger partial charge in [-0.2, -0.15) is 5.26 Å². The molecule has 2 aromatic rings. The summed E-state index contributed by atoms with van der Waals surface area (Å²) < 4.78 is 15.9. The molecule has 0 aromatic heterocycles. The van der Waals surface area contributed by atoms with Crippen molar-refractivity contribution >= 4 is 17.3 Å². The van der Waals surface area contributed by atoms with E-state index in [1.807, 2.05) is 0 Å². The van der Waals surface area contributed by atoms with Gasteiger partial charge in [-0.05, 0) is 23.8 Å². The Morgan fingerprint density at radius 2 is 1.84 bits per heavy atom. The van der Waals surface area contributed by atoms with Gasteiger partial charge in [-0.3, -0.25) is 10.1 Å². The zero-order valence-electron chi connectivity index (χ0n) is 14.0. The van der Waals surface area contributed by atoms with Gasteiger partial charge in [0.15, 0.2) is 11.5 Å². The van der Waals surface area contributed by atoms with E-state index >= 15 is 0 Å². The molecule has 0 heterocycles. The van der Waals surface area contributed by atoms with Crippen LogP contribution in [0.3, 0.4) is 0 Å². The van der Waals surface area contributed by atoms with Crippen molar-refractivity contribution in [1.29, 1.82) is 5.26 Å². The van der Waals surface area contributed by atoms with Gasteiger partial charge < -0.3 is 14.2 Å². The molecule has 0 aliphatic carbocycles. The minimum Gasteiger partial charge on any atom is -0.493 e. The Balaban J connectivity index is 2.59. The Labute approximate surface area is 144 Å². The minimum atomic E-state index is -0.504. The van der Waals surface area contributed by atoms with Crippen LogP contribution in [0.4, 0.5) is 5.69 Å². The molecule has 0 saturated heterocycles. The van der Waals surface area contributed by atoms with Gasteiger partial charge in [0.05, 0.1) is 37.9 Å². The summed E-state index contributed by atoms with van der Waals surface area (Å²) in [7, 11) is 4.48. The Hall–Kier alpha value is -3.53. The van der Waals surface area contributed by atoms with Crippen molar-refractivity contribution in [2.45, 2.75) is 0 Å². The number of hydrogen-bond donors (Lipinski definition) is 0. The highest BCUT2D eigenvalue weighted by Gasteiger charge is 2.16. The Bertz CT molecular complexity index is 868. The molecule has 0 N–H and O–H groups in total. The monoisotopic (exact) mass is 340 g/mol. The third kappa shape index (κ3) is 3.70. The average Bonchev–Trinajstić information content (AvgIpc) is 2.65. The predicted molar refractivity (Wildman–Crippen MR) is 92.7 cm³/mol. The smallest absolute Gasteiger partial charge is 0.270 e. The molecular formula is C18H16N2O5. The zero-order valence-corrected chi connectivity index (χ0v) is 14.0. The van der Waals surface area contributed by atoms with E-state index in [2.05, 4.69) is 6.07 Å². The molecule has 0 radical (unpaired) electrons. The van der Waals surface area contributed by atoms with Crippen LogP contribution in [0.25, 0.3) is 11.6 Å². The van der Waals surface area contributed by atoms with Crippen LogP contribution < -0.4 is 14.2 Å². The van der Waals surface area contributed by atoms with Crippen LogP contribution in [0.2, 0.25) is 0 Å². The standard InChI is InChI=1S/C18H16N2O5/c1-23-16-8-7-13(17(24-2)18(16)25-3)9-14(11-19)12-5-4-6-15(10-12)20(21)22/h4-10H,1-3H3/b14-9-. The third-order valence-electron chi connectivity index (χ3n) is 3.52. The highest BCUT2D eigenvalue weighted by molar-refractivity contribution is 5.91. The fourth-order valence-corrected chi connectivity index (χ4v) is 2.36. The van der Waals surface area contributed by atoms with Crippen molar-refractivity contribution in [3.8, 4) is 23.3 Å². The van der Waals surface area contributed by atoms with Crippen LogP contribution in [-0.4, -0.2) is 26.3 Å². The minimum absolute atomic E-state index is 0.0853. The van der Waals surface area contributed by atoms with Crippen LogP contribution in [0, 0.1) is 21.4 Å². The average molecular weight is 340 g/mol. The van der Waals surface area contributed by atoms with Crippen LogP contribution >= 0.6 is 0 Å². The number of ether oxygens (including phenoxy) is 3. The van der Waals surface area contributed by atoms with Gasteiger partial charge in [0, 0.05) is 17.7 Å². The van der Waals surface area contributed by atoms with E-state index in [4.69, 9.17) is 14.2 Å². The molecule has 0 unspecified atom stereocenters. The second-order valence-electron chi connectivity index (χ2n) is 4.90. The molecule has 0 fully saturated rings. The molecule has 128 valence electrons. The number of nitro groups is 1. The lowest BCUT2D eigenvalue weighted by molar-refractivity contribution is -0.384. The van der Waals surface area contributed by atoms with Crippen molar-refractivity contribution in [3.05, 3.63) is 57.6 Å². The van der Waals surface area contributed by atoms with Gasteiger partial charge in [-0.1, -0.05) is 12.1 Å². The topological polar surface area (TPSA) is 94.6 Å². The summed E-state index contributed by atoms with van der Waals surface area (Å²) in [5.41, 5.74) is 1.20. The largest absolute Gasteiger partial charge is 0.493 e. The van der Waals surface area contributed by atoms with Gasteiger partial charge in [-0.15, -0.1) is 0 Å². The van der Waals surface area contributed by atoms with Crippen LogP contribution in [0.15, 0.2) is 36.4 Å². The number of nitrogens with zero attached hydrogens (tertiary/aromatic N) is 2. The Morgan fingerprint density at radius 1 is 1.12 bits per heavy atom. The number of hydrogen-bond acceptors (Lipinski definition) is 6. The predicted octanol–water partition coefficient (Wildman–Crippen LogP) is 3.68. The highest BCUT2D eigenvalue weighted by atomic mass is 16.6. The summed E-state index contributed by atoms with van der Waals surface area (Å²) in [4.78, 5) is 10.4. The fraction of sp³-hybridized carbons (Fsp3) is 0.167. The Morgan fingerprint density at radius 3 is 2.40 bits per heavy atom. The molecule has 0 aliphatic heterocycles. The number of allylic oxidation sites excluding steroid dienone is 1. The molecule has 0 atom stereocenters. The molecule has 0 aliphatic rings. The molecule has 0 saturated carbocycles. The number of rotatable bonds is 6. The van der Waals surface area contributed by atoms with Gasteiger partial charge in [0.2, 0.25) is 5.75 Å². The quantitative estimate of drug-likeness (QED) is 0.344. The fourth-order valence-electron chi connectivity index (χ4n) is 2.36. The summed E-state index contributed by atoms with van der Waals surface area (Å²) >= 11 is 0. The summed E-state index contributed by atoms with van der Waals surface area (Å²) in [5, 5.41) is 20.4. The van der Waals surface area contributed by atoms with Crippen molar-refractivity contribution in [2.24, 2.45) is 0 Å². The van der Waals surface area contributed by atoms with E-state index in [1.165, 1.54) is 39.5 Å². The first-order valence-corrected chi connectivity index (χ1v) is 7.21. The van der Waals surface area contributed by atoms with Gasteiger partial charge in [-0.25, -0.2) is 0 Å². The molecular weight excluding hydrogens is 324 g/mol. The lowest BCUT2D eigenvalue weighted by Gasteiger charge is -2.14. The summed E-state index contributed by atoms with van der Waals surface area (Å²) in [6.07, 6.45) is 1.58. The molecule has 7 heteroatoms. The Kier molecular flexibility index (Phi) is 5.58. The highest BCUT2D eigenvalue weighted by Crippen LogP contribution is 2.41. The molecule has 0 amide bonds. The van der Waals surface area contributed by atoms with Crippen LogP contribution in [0.1, 0.15) is 11.1 Å². The SMILES string of the molecule is COc1ccc(/C=C(/C#N)c2cccc([N+](=O)[O-])c2)c(OC)c1OC. The molecule has 0 bridgehead atoms. The first kappa shape index (κ1) is 17.8. The van der Waals surface area contributed by atoms with E-state index in [9.17, 15) is 15.4 Å². The zero-order chi connectivity index (χ0) is 18.4.